The van der Waals surface area contributed by atoms with Crippen molar-refractivity contribution in [3.63, 3.8) is 0 Å². The van der Waals surface area contributed by atoms with Gasteiger partial charge < -0.3 is 10.5 Å². The van der Waals surface area contributed by atoms with Crippen molar-refractivity contribution in [2.24, 2.45) is 11.7 Å². The number of nitrogens with two attached hydrogens (primary N) is 1. The molecule has 1 aliphatic rings. The van der Waals surface area contributed by atoms with Crippen molar-refractivity contribution in [1.29, 1.82) is 0 Å². The van der Waals surface area contributed by atoms with E-state index >= 15 is 0 Å². The van der Waals surface area contributed by atoms with Gasteiger partial charge in [-0.3, -0.25) is 9.59 Å². The fourth-order valence-corrected chi connectivity index (χ4v) is 1.88. The van der Waals surface area contributed by atoms with E-state index in [4.69, 9.17) is 5.73 Å². The molecular weight excluding hydrogens is 218 g/mol. The number of ether oxygens (including phenoxy) is 1. The zero-order valence-electron chi connectivity index (χ0n) is 10.3. The number of carbonyl (C=O) groups is 2. The van der Waals surface area contributed by atoms with E-state index < -0.39 is 6.04 Å². The maximum absolute atomic E-state index is 11.2. The Morgan fingerprint density at radius 2 is 2.29 bits per heavy atom. The summed E-state index contributed by atoms with van der Waals surface area (Å²) >= 11 is 0. The van der Waals surface area contributed by atoms with Crippen LogP contribution in [0, 0.1) is 5.92 Å². The third kappa shape index (κ3) is 4.53. The monoisotopic (exact) mass is 237 g/mol. The zero-order valence-corrected chi connectivity index (χ0v) is 10.3. The van der Waals surface area contributed by atoms with E-state index in [0.29, 0.717) is 12.8 Å². The summed E-state index contributed by atoms with van der Waals surface area (Å²) < 4.78 is 4.58. The zero-order chi connectivity index (χ0) is 12.8. The molecule has 17 heavy (non-hydrogen) atoms. The molecule has 0 radical (unpaired) electrons. The van der Waals surface area contributed by atoms with E-state index in [-0.39, 0.29) is 17.7 Å². The SMILES string of the molecule is COC(=O)[C@@H](N)CC1C=CC(CC(C)=O)=CC1. The van der Waals surface area contributed by atoms with Gasteiger partial charge in [0, 0.05) is 6.42 Å². The first-order valence-corrected chi connectivity index (χ1v) is 5.73. The maximum Gasteiger partial charge on any atom is 0.322 e. The third-order valence-electron chi connectivity index (χ3n) is 2.78. The molecule has 4 nitrogen and oxygen atoms in total. The average Bonchev–Trinajstić information content (AvgIpc) is 2.30. The first-order valence-electron chi connectivity index (χ1n) is 5.73. The van der Waals surface area contributed by atoms with E-state index in [9.17, 15) is 9.59 Å². The van der Waals surface area contributed by atoms with Crippen LogP contribution in [0.3, 0.4) is 0 Å². The fraction of sp³-hybridized carbons (Fsp3) is 0.538. The lowest BCUT2D eigenvalue weighted by Crippen LogP contribution is -2.33. The highest BCUT2D eigenvalue weighted by Gasteiger charge is 2.19. The van der Waals surface area contributed by atoms with Crippen LogP contribution in [0.4, 0.5) is 0 Å². The average molecular weight is 237 g/mol. The Morgan fingerprint density at radius 1 is 1.59 bits per heavy atom. The van der Waals surface area contributed by atoms with Gasteiger partial charge in [-0.25, -0.2) is 0 Å². The van der Waals surface area contributed by atoms with E-state index in [1.54, 1.807) is 6.92 Å². The van der Waals surface area contributed by atoms with Crippen LogP contribution in [-0.2, 0) is 14.3 Å². The second-order valence-electron chi connectivity index (χ2n) is 4.38. The van der Waals surface area contributed by atoms with E-state index in [1.165, 1.54) is 7.11 Å². The summed E-state index contributed by atoms with van der Waals surface area (Å²) in [7, 11) is 1.34. The third-order valence-corrected chi connectivity index (χ3v) is 2.78. The van der Waals surface area contributed by atoms with Gasteiger partial charge in [0.25, 0.3) is 0 Å². The minimum absolute atomic E-state index is 0.158. The largest absolute Gasteiger partial charge is 0.468 e. The van der Waals surface area contributed by atoms with Gasteiger partial charge in [0.1, 0.15) is 11.8 Å². The summed E-state index contributed by atoms with van der Waals surface area (Å²) in [6, 6.07) is -0.572. The number of carbonyl (C=O) groups excluding carboxylic acids is 2. The van der Waals surface area contributed by atoms with Gasteiger partial charge in [-0.2, -0.15) is 0 Å². The smallest absolute Gasteiger partial charge is 0.322 e. The molecule has 0 saturated carbocycles. The molecule has 0 fully saturated rings. The molecule has 1 aliphatic carbocycles. The van der Waals surface area contributed by atoms with Crippen LogP contribution in [0.15, 0.2) is 23.8 Å². The van der Waals surface area contributed by atoms with Crippen molar-refractivity contribution >= 4 is 11.8 Å². The van der Waals surface area contributed by atoms with Crippen LogP contribution in [0.2, 0.25) is 0 Å². The Hall–Kier alpha value is -1.42. The van der Waals surface area contributed by atoms with Crippen LogP contribution in [-0.4, -0.2) is 24.9 Å². The van der Waals surface area contributed by atoms with Gasteiger partial charge in [-0.05, 0) is 31.3 Å². The first kappa shape index (κ1) is 13.6. The second-order valence-corrected chi connectivity index (χ2v) is 4.38. The molecule has 2 N–H and O–H groups in total. The molecule has 0 bridgehead atoms. The minimum Gasteiger partial charge on any atom is -0.468 e. The van der Waals surface area contributed by atoms with Crippen LogP contribution in [0.1, 0.15) is 26.2 Å². The Morgan fingerprint density at radius 3 is 2.76 bits per heavy atom. The summed E-state index contributed by atoms with van der Waals surface area (Å²) in [5, 5.41) is 0. The number of ketones is 1. The summed E-state index contributed by atoms with van der Waals surface area (Å²) in [5.41, 5.74) is 6.73. The molecule has 0 aliphatic heterocycles. The van der Waals surface area contributed by atoms with E-state index in [0.717, 1.165) is 12.0 Å². The second kappa shape index (κ2) is 6.35. The minimum atomic E-state index is -0.572. The predicted molar refractivity (Wildman–Crippen MR) is 65.2 cm³/mol. The van der Waals surface area contributed by atoms with Gasteiger partial charge in [0.15, 0.2) is 0 Å². The highest BCUT2D eigenvalue weighted by Crippen LogP contribution is 2.22. The quantitative estimate of drug-likeness (QED) is 0.733. The number of rotatable bonds is 5. The van der Waals surface area contributed by atoms with Crippen molar-refractivity contribution in [3.8, 4) is 0 Å². The molecular formula is C13H19NO3. The lowest BCUT2D eigenvalue weighted by molar-refractivity contribution is -0.142. The molecule has 1 unspecified atom stereocenters. The summed E-state index contributed by atoms with van der Waals surface area (Å²) in [6.07, 6.45) is 7.87. The van der Waals surface area contributed by atoms with Crippen LogP contribution < -0.4 is 5.73 Å². The fourth-order valence-electron chi connectivity index (χ4n) is 1.88. The number of hydrogen-bond donors (Lipinski definition) is 1. The van der Waals surface area contributed by atoms with Gasteiger partial charge in [0.05, 0.1) is 7.11 Å². The Bertz CT molecular complexity index is 358. The molecule has 1 rings (SSSR count). The molecule has 4 heteroatoms. The Kier molecular flexibility index (Phi) is 5.10. The standard InChI is InChI=1S/C13H19NO3/c1-9(15)7-10-3-5-11(6-4-10)8-12(14)13(16)17-2/h3-5,11-12H,6-8,14H2,1-2H3/t11?,12-/m0/s1. The summed E-state index contributed by atoms with van der Waals surface area (Å²) in [5.74, 6) is 0.0299. The number of Topliss-reactive ketones (excluding diaryl/α,β-unsaturated/α-hetero) is 1. The van der Waals surface area contributed by atoms with Gasteiger partial charge >= 0.3 is 5.97 Å². The highest BCUT2D eigenvalue weighted by molar-refractivity contribution is 5.78. The number of methoxy groups -OCH3 is 1. The van der Waals surface area contributed by atoms with Crippen molar-refractivity contribution in [1.82, 2.24) is 0 Å². The molecule has 0 aromatic carbocycles. The summed E-state index contributed by atoms with van der Waals surface area (Å²) in [6.45, 7) is 1.58. The number of esters is 1. The first-order chi connectivity index (χ1) is 8.02. The molecule has 0 heterocycles. The van der Waals surface area contributed by atoms with Crippen LogP contribution >= 0.6 is 0 Å². The van der Waals surface area contributed by atoms with E-state index in [2.05, 4.69) is 4.74 Å². The van der Waals surface area contributed by atoms with Crippen molar-refractivity contribution in [2.75, 3.05) is 7.11 Å². The summed E-state index contributed by atoms with van der Waals surface area (Å²) in [4.78, 5) is 22.1. The van der Waals surface area contributed by atoms with E-state index in [1.807, 2.05) is 18.2 Å². The maximum atomic E-state index is 11.2. The topological polar surface area (TPSA) is 69.4 Å². The Labute approximate surface area is 102 Å². The van der Waals surface area contributed by atoms with Crippen LogP contribution in [0.25, 0.3) is 0 Å². The molecule has 0 spiro atoms. The van der Waals surface area contributed by atoms with Gasteiger partial charge in [-0.1, -0.05) is 18.2 Å². The number of allylic oxidation sites excluding steroid dienone is 4. The predicted octanol–water partition coefficient (Wildman–Crippen LogP) is 1.36. The van der Waals surface area contributed by atoms with Gasteiger partial charge in [0.2, 0.25) is 0 Å². The Balaban J connectivity index is 2.43. The normalized spacial score (nSPS) is 20.6. The molecule has 0 amide bonds. The molecule has 0 aromatic heterocycles. The van der Waals surface area contributed by atoms with Crippen molar-refractivity contribution < 1.29 is 14.3 Å². The lowest BCUT2D eigenvalue weighted by Gasteiger charge is -2.18. The molecule has 2 atom stereocenters. The number of hydrogen-bond acceptors (Lipinski definition) is 4. The van der Waals surface area contributed by atoms with Crippen molar-refractivity contribution in [2.45, 2.75) is 32.2 Å². The lowest BCUT2D eigenvalue weighted by atomic mass is 9.90. The molecule has 0 aromatic rings. The van der Waals surface area contributed by atoms with Gasteiger partial charge in [-0.15, -0.1) is 0 Å². The van der Waals surface area contributed by atoms with Crippen LogP contribution in [0.5, 0.6) is 0 Å². The highest BCUT2D eigenvalue weighted by atomic mass is 16.5. The molecule has 94 valence electrons. The molecule has 0 saturated heterocycles. The van der Waals surface area contributed by atoms with Crippen molar-refractivity contribution in [3.05, 3.63) is 23.8 Å².